The Hall–Kier alpha value is -4.30. The Morgan fingerprint density at radius 1 is 0.946 bits per heavy atom. The minimum absolute atomic E-state index is 0.0862. The highest BCUT2D eigenvalue weighted by atomic mass is 32.2. The summed E-state index contributed by atoms with van der Waals surface area (Å²) in [4.78, 5) is 23.4. The predicted molar refractivity (Wildman–Crippen MR) is 142 cm³/mol. The number of hydrogen-bond acceptors (Lipinski definition) is 6. The molecule has 1 heterocycles. The van der Waals surface area contributed by atoms with Gasteiger partial charge in [0.05, 0.1) is 19.1 Å². The number of benzene rings is 4. The summed E-state index contributed by atoms with van der Waals surface area (Å²) in [7, 11) is -2.62. The zero-order valence-electron chi connectivity index (χ0n) is 20.0. The number of hydrogen-bond donors (Lipinski definition) is 1. The topological polar surface area (TPSA) is 102 Å². The number of carbonyl (C=O) groups is 2. The molecule has 188 valence electrons. The summed E-state index contributed by atoms with van der Waals surface area (Å²) in [5.74, 6) is 0.261. The summed E-state index contributed by atoms with van der Waals surface area (Å²) in [6, 6.07) is 29.5. The molecule has 1 amide bonds. The first-order chi connectivity index (χ1) is 18.0. The van der Waals surface area contributed by atoms with Crippen LogP contribution in [0.4, 0.5) is 0 Å². The van der Waals surface area contributed by atoms with E-state index >= 15 is 0 Å². The molecule has 8 heteroatoms. The van der Waals surface area contributed by atoms with Crippen LogP contribution in [0.5, 0.6) is 5.75 Å². The molecule has 0 aliphatic carbocycles. The van der Waals surface area contributed by atoms with E-state index in [0.717, 1.165) is 11.8 Å². The highest BCUT2D eigenvalue weighted by Crippen LogP contribution is 2.33. The van der Waals surface area contributed by atoms with E-state index in [0.29, 0.717) is 29.9 Å². The maximum atomic E-state index is 12.5. The number of fused-ring (bicyclic) bond motifs is 2. The van der Waals surface area contributed by atoms with Gasteiger partial charge >= 0.3 is 10.5 Å². The van der Waals surface area contributed by atoms with E-state index in [4.69, 9.17) is 4.74 Å². The van der Waals surface area contributed by atoms with Crippen LogP contribution in [0, 0.1) is 0 Å². The Labute approximate surface area is 216 Å². The van der Waals surface area contributed by atoms with Crippen molar-refractivity contribution < 1.29 is 22.7 Å². The summed E-state index contributed by atoms with van der Waals surface area (Å²) in [6.07, 6.45) is 1.23. The van der Waals surface area contributed by atoms with Crippen molar-refractivity contribution in [3.63, 3.8) is 0 Å². The van der Waals surface area contributed by atoms with Crippen LogP contribution in [0.3, 0.4) is 0 Å². The van der Waals surface area contributed by atoms with Crippen LogP contribution in [0.2, 0.25) is 0 Å². The third-order valence-corrected chi connectivity index (χ3v) is 6.41. The highest BCUT2D eigenvalue weighted by Gasteiger charge is 2.25. The lowest BCUT2D eigenvalue weighted by Crippen LogP contribution is -2.32. The second-order valence-electron chi connectivity index (χ2n) is 8.47. The van der Waals surface area contributed by atoms with Crippen LogP contribution in [0.25, 0.3) is 10.8 Å². The third kappa shape index (κ3) is 7.11. The van der Waals surface area contributed by atoms with E-state index in [9.17, 15) is 18.0 Å². The molecule has 1 N–H and O–H groups in total. The van der Waals surface area contributed by atoms with Crippen LogP contribution in [0.1, 0.15) is 46.4 Å². The standard InChI is InChI=1S/C19H18N2O5S.C10H8/c22-12-13-6-7-15-16(8-9-26-18(15)10-13)20-19(23)11-17(21-27(24)25)14-4-2-1-3-5-14;1-2-6-10-8-4-3-7-9(10)5-1/h1-7,10,12,16-17H,8-9,11H2,(H,20,23);1-8H. The molecule has 0 bridgehead atoms. The zero-order chi connectivity index (χ0) is 26.0. The molecule has 0 radical (unpaired) electrons. The van der Waals surface area contributed by atoms with Gasteiger partial charge in [-0.1, -0.05) is 91.0 Å². The van der Waals surface area contributed by atoms with E-state index in [1.807, 2.05) is 0 Å². The number of nitrogens with one attached hydrogen (secondary N) is 1. The number of rotatable bonds is 6. The average molecular weight is 515 g/mol. The number of aldehydes is 1. The third-order valence-electron chi connectivity index (χ3n) is 5.98. The molecule has 0 saturated heterocycles. The summed E-state index contributed by atoms with van der Waals surface area (Å²) in [6.45, 7) is 0.414. The Balaban J connectivity index is 0.000000265. The lowest BCUT2D eigenvalue weighted by atomic mass is 9.98. The minimum atomic E-state index is -2.62. The van der Waals surface area contributed by atoms with Gasteiger partial charge in [-0.2, -0.15) is 12.8 Å². The smallest absolute Gasteiger partial charge is 0.311 e. The van der Waals surface area contributed by atoms with Gasteiger partial charge in [0.15, 0.2) is 0 Å². The summed E-state index contributed by atoms with van der Waals surface area (Å²) >= 11 is 0. The van der Waals surface area contributed by atoms with Gasteiger partial charge in [0.25, 0.3) is 0 Å². The molecule has 2 atom stereocenters. The van der Waals surface area contributed by atoms with Gasteiger partial charge < -0.3 is 10.1 Å². The summed E-state index contributed by atoms with van der Waals surface area (Å²) < 4.78 is 31.3. The average Bonchev–Trinajstić information content (AvgIpc) is 2.93. The molecule has 2 unspecified atom stereocenters. The van der Waals surface area contributed by atoms with E-state index in [-0.39, 0.29) is 18.4 Å². The number of nitrogens with zero attached hydrogens (tertiary/aromatic N) is 1. The van der Waals surface area contributed by atoms with Crippen LogP contribution >= 0.6 is 0 Å². The summed E-state index contributed by atoms with van der Waals surface area (Å²) in [5, 5.41) is 5.54. The van der Waals surface area contributed by atoms with E-state index in [1.165, 1.54) is 10.8 Å². The highest BCUT2D eigenvalue weighted by molar-refractivity contribution is 7.61. The predicted octanol–water partition coefficient (Wildman–Crippen LogP) is 5.47. The monoisotopic (exact) mass is 514 g/mol. The molecule has 5 rings (SSSR count). The fourth-order valence-corrected chi connectivity index (χ4v) is 4.59. The Bertz CT molecular complexity index is 1450. The largest absolute Gasteiger partial charge is 0.493 e. The van der Waals surface area contributed by atoms with Crippen molar-refractivity contribution in [3.8, 4) is 5.75 Å². The van der Waals surface area contributed by atoms with E-state index < -0.39 is 16.5 Å². The SMILES string of the molecule is O=Cc1ccc2c(c1)OCCC2NC(=O)CC(N=S(=O)=O)c1ccccc1.c1ccc2ccccc2c1. The van der Waals surface area contributed by atoms with Crippen molar-refractivity contribution in [2.75, 3.05) is 6.61 Å². The molecule has 4 aromatic carbocycles. The molecule has 0 saturated carbocycles. The quantitative estimate of drug-likeness (QED) is 0.344. The molecule has 1 aliphatic heterocycles. The Kier molecular flexibility index (Phi) is 8.78. The lowest BCUT2D eigenvalue weighted by Gasteiger charge is -2.27. The fourth-order valence-electron chi connectivity index (χ4n) is 4.19. The molecular formula is C29H26N2O5S. The van der Waals surface area contributed by atoms with Crippen LogP contribution in [-0.4, -0.2) is 27.2 Å². The van der Waals surface area contributed by atoms with Crippen molar-refractivity contribution in [2.45, 2.75) is 24.9 Å². The van der Waals surface area contributed by atoms with Crippen molar-refractivity contribution >= 4 is 33.5 Å². The second-order valence-corrected chi connectivity index (χ2v) is 9.12. The maximum absolute atomic E-state index is 12.5. The van der Waals surface area contributed by atoms with Gasteiger partial charge in [-0.3, -0.25) is 9.59 Å². The summed E-state index contributed by atoms with van der Waals surface area (Å²) in [5.41, 5.74) is 1.95. The van der Waals surface area contributed by atoms with Gasteiger partial charge in [-0.05, 0) is 22.4 Å². The first-order valence-electron chi connectivity index (χ1n) is 11.8. The number of amides is 1. The van der Waals surface area contributed by atoms with Crippen molar-refractivity contribution in [1.29, 1.82) is 0 Å². The van der Waals surface area contributed by atoms with Gasteiger partial charge in [0, 0.05) is 17.5 Å². The Morgan fingerprint density at radius 2 is 1.57 bits per heavy atom. The van der Waals surface area contributed by atoms with Gasteiger partial charge in [-0.25, -0.2) is 0 Å². The second kappa shape index (κ2) is 12.6. The number of ether oxygens (including phenoxy) is 1. The van der Waals surface area contributed by atoms with E-state index in [1.54, 1.807) is 48.5 Å². The minimum Gasteiger partial charge on any atom is -0.493 e. The zero-order valence-corrected chi connectivity index (χ0v) is 20.8. The van der Waals surface area contributed by atoms with Crippen molar-refractivity contribution in [3.05, 3.63) is 114 Å². The molecule has 0 fully saturated rings. The lowest BCUT2D eigenvalue weighted by molar-refractivity contribution is -0.122. The normalized spacial score (nSPS) is 14.6. The van der Waals surface area contributed by atoms with Crippen LogP contribution < -0.4 is 10.1 Å². The molecule has 7 nitrogen and oxygen atoms in total. The molecule has 0 aromatic heterocycles. The number of carbonyl (C=O) groups excluding carboxylic acids is 2. The molecule has 1 aliphatic rings. The Morgan fingerprint density at radius 3 is 2.16 bits per heavy atom. The van der Waals surface area contributed by atoms with Gasteiger partial charge in [0.1, 0.15) is 18.1 Å². The van der Waals surface area contributed by atoms with Gasteiger partial charge in [0.2, 0.25) is 5.91 Å². The fraction of sp³-hybridized carbons (Fsp3) is 0.172. The van der Waals surface area contributed by atoms with E-state index in [2.05, 4.69) is 58.2 Å². The maximum Gasteiger partial charge on any atom is 0.311 e. The molecule has 37 heavy (non-hydrogen) atoms. The first kappa shape index (κ1) is 25.8. The van der Waals surface area contributed by atoms with Crippen molar-refractivity contribution in [1.82, 2.24) is 5.32 Å². The molecule has 4 aromatic rings. The first-order valence-corrected chi connectivity index (χ1v) is 12.9. The van der Waals surface area contributed by atoms with Crippen LogP contribution in [-0.2, 0) is 15.3 Å². The molecular weight excluding hydrogens is 488 g/mol. The van der Waals surface area contributed by atoms with Crippen LogP contribution in [0.15, 0.2) is 101 Å². The molecule has 0 spiro atoms. The van der Waals surface area contributed by atoms with Gasteiger partial charge in [-0.15, -0.1) is 0 Å². The van der Waals surface area contributed by atoms with Crippen molar-refractivity contribution in [2.24, 2.45) is 4.36 Å².